The zero-order valence-electron chi connectivity index (χ0n) is 5.57. The maximum atomic E-state index is 9.42. The molecule has 4 N–H and O–H groups in total. The van der Waals surface area contributed by atoms with E-state index in [1.807, 2.05) is 6.92 Å². The van der Waals surface area contributed by atoms with E-state index in [4.69, 9.17) is 0 Å². The van der Waals surface area contributed by atoms with Crippen LogP contribution in [-0.4, -0.2) is 24.3 Å². The van der Waals surface area contributed by atoms with E-state index in [1.165, 1.54) is 0 Å². The molecule has 0 bridgehead atoms. The van der Waals surface area contributed by atoms with Crippen LogP contribution in [-0.2, 0) is 0 Å². The minimum atomic E-state index is -0.842. The van der Waals surface area contributed by atoms with Gasteiger partial charge in [-0.15, -0.1) is 0 Å². The zero-order chi connectivity index (χ0) is 6.74. The highest BCUT2D eigenvalue weighted by atomic mass is 16.3. The molecule has 1 aliphatic rings. The summed E-state index contributed by atoms with van der Waals surface area (Å²) in [6.07, 6.45) is 0.675. The van der Waals surface area contributed by atoms with Gasteiger partial charge in [0.05, 0.1) is 13.3 Å². The third kappa shape index (κ3) is 1.62. The predicted octanol–water partition coefficient (Wildman–Crippen LogP) is -1.26. The van der Waals surface area contributed by atoms with Crippen molar-refractivity contribution in [2.75, 3.05) is 13.3 Å². The van der Waals surface area contributed by atoms with Crippen LogP contribution in [0.5, 0.6) is 0 Å². The number of aliphatic hydroxyl groups is 1. The quantitative estimate of drug-likeness (QED) is 0.359. The molecule has 54 valence electrons. The highest BCUT2D eigenvalue weighted by Crippen LogP contribution is 2.00. The summed E-state index contributed by atoms with van der Waals surface area (Å²) in [5, 5.41) is 18.2. The number of hydrogen-bond acceptors (Lipinski definition) is 4. The first-order valence-electron chi connectivity index (χ1n) is 3.20. The summed E-state index contributed by atoms with van der Waals surface area (Å²) in [6.45, 7) is 3.25. The Labute approximate surface area is 54.6 Å². The van der Waals surface area contributed by atoms with Gasteiger partial charge in [0.2, 0.25) is 0 Å². The molecule has 9 heavy (non-hydrogen) atoms. The van der Waals surface area contributed by atoms with Crippen molar-refractivity contribution in [2.45, 2.75) is 19.2 Å². The van der Waals surface area contributed by atoms with Gasteiger partial charge < -0.3 is 5.11 Å². The van der Waals surface area contributed by atoms with Gasteiger partial charge >= 0.3 is 0 Å². The predicted molar refractivity (Wildman–Crippen MR) is 34.4 cm³/mol. The van der Waals surface area contributed by atoms with Gasteiger partial charge in [0.1, 0.15) is 0 Å². The van der Waals surface area contributed by atoms with Crippen molar-refractivity contribution in [2.24, 2.45) is 0 Å². The van der Waals surface area contributed by atoms with Gasteiger partial charge in [-0.3, -0.25) is 16.0 Å². The monoisotopic (exact) mass is 131 g/mol. The maximum absolute atomic E-state index is 9.42. The lowest BCUT2D eigenvalue weighted by molar-refractivity contribution is -0.0498. The second-order valence-corrected chi connectivity index (χ2v) is 2.17. The Bertz CT molecular complexity index is 90.2. The van der Waals surface area contributed by atoms with Gasteiger partial charge in [-0.1, -0.05) is 6.92 Å². The molecule has 1 aliphatic heterocycles. The molecule has 4 heteroatoms. The lowest BCUT2D eigenvalue weighted by atomic mass is 10.3. The molecule has 0 amide bonds. The van der Waals surface area contributed by atoms with Crippen molar-refractivity contribution in [1.29, 1.82) is 0 Å². The van der Waals surface area contributed by atoms with Gasteiger partial charge in [-0.2, -0.15) is 0 Å². The topological polar surface area (TPSA) is 56.3 Å². The van der Waals surface area contributed by atoms with Gasteiger partial charge in [0.15, 0.2) is 5.85 Å². The smallest absolute Gasteiger partial charge is 0.173 e. The molecule has 1 fully saturated rings. The fraction of sp³-hybridized carbons (Fsp3) is 1.00. The van der Waals surface area contributed by atoms with Crippen LogP contribution >= 0.6 is 0 Å². The average molecular weight is 131 g/mol. The standard InChI is InChI=1S/C5H13N3O/c1-2-5(9)7-3-6-4-8-5/h6-9H,2-4H2,1H3. The van der Waals surface area contributed by atoms with Crippen molar-refractivity contribution in [3.63, 3.8) is 0 Å². The molecule has 0 spiro atoms. The minimum Gasteiger partial charge on any atom is -0.363 e. The Kier molecular flexibility index (Phi) is 2.02. The van der Waals surface area contributed by atoms with E-state index < -0.39 is 5.85 Å². The van der Waals surface area contributed by atoms with E-state index in [9.17, 15) is 5.11 Å². The van der Waals surface area contributed by atoms with Crippen molar-refractivity contribution in [3.05, 3.63) is 0 Å². The van der Waals surface area contributed by atoms with Crippen molar-refractivity contribution >= 4 is 0 Å². The Hall–Kier alpha value is -0.160. The fourth-order valence-corrected chi connectivity index (χ4v) is 0.792. The van der Waals surface area contributed by atoms with Gasteiger partial charge in [-0.05, 0) is 0 Å². The Balaban J connectivity index is 2.37. The summed E-state index contributed by atoms with van der Waals surface area (Å²) < 4.78 is 0. The molecular formula is C5H13N3O. The van der Waals surface area contributed by atoms with Gasteiger partial charge in [-0.25, -0.2) is 0 Å². The van der Waals surface area contributed by atoms with Crippen LogP contribution in [0, 0.1) is 0 Å². The summed E-state index contributed by atoms with van der Waals surface area (Å²) in [6, 6.07) is 0. The van der Waals surface area contributed by atoms with Crippen LogP contribution in [0.2, 0.25) is 0 Å². The first-order valence-corrected chi connectivity index (χ1v) is 3.20. The van der Waals surface area contributed by atoms with E-state index in [1.54, 1.807) is 0 Å². The molecule has 1 rings (SSSR count). The Morgan fingerprint density at radius 3 is 2.33 bits per heavy atom. The number of nitrogens with one attached hydrogen (secondary N) is 3. The SMILES string of the molecule is CCC1(O)NCNCN1. The van der Waals surface area contributed by atoms with Gasteiger partial charge in [0, 0.05) is 6.42 Å². The normalized spacial score (nSPS) is 26.0. The second-order valence-electron chi connectivity index (χ2n) is 2.17. The molecule has 0 radical (unpaired) electrons. The first-order chi connectivity index (χ1) is 4.27. The van der Waals surface area contributed by atoms with Crippen LogP contribution in [0.25, 0.3) is 0 Å². The average Bonchev–Trinajstić information content (AvgIpc) is 1.90. The fourth-order valence-electron chi connectivity index (χ4n) is 0.792. The number of hydrogen-bond donors (Lipinski definition) is 4. The molecule has 4 nitrogen and oxygen atoms in total. The zero-order valence-corrected chi connectivity index (χ0v) is 5.57. The van der Waals surface area contributed by atoms with Crippen LogP contribution in [0.15, 0.2) is 0 Å². The van der Waals surface area contributed by atoms with Gasteiger partial charge in [0.25, 0.3) is 0 Å². The third-order valence-electron chi connectivity index (χ3n) is 1.52. The van der Waals surface area contributed by atoms with E-state index in [-0.39, 0.29) is 0 Å². The minimum absolute atomic E-state index is 0.664. The highest BCUT2D eigenvalue weighted by Gasteiger charge is 2.24. The molecule has 0 aliphatic carbocycles. The molecule has 0 aromatic carbocycles. The first kappa shape index (κ1) is 6.95. The summed E-state index contributed by atoms with van der Waals surface area (Å²) in [4.78, 5) is 0. The Morgan fingerprint density at radius 2 is 2.00 bits per heavy atom. The van der Waals surface area contributed by atoms with E-state index in [2.05, 4.69) is 16.0 Å². The molecule has 1 saturated heterocycles. The summed E-state index contributed by atoms with van der Waals surface area (Å²) in [7, 11) is 0. The van der Waals surface area contributed by atoms with Crippen LogP contribution in [0.3, 0.4) is 0 Å². The lowest BCUT2D eigenvalue weighted by Crippen LogP contribution is -2.65. The molecule has 0 atom stereocenters. The lowest BCUT2D eigenvalue weighted by Gasteiger charge is -2.33. The van der Waals surface area contributed by atoms with E-state index in [0.717, 1.165) is 0 Å². The molecular weight excluding hydrogens is 118 g/mol. The number of rotatable bonds is 1. The van der Waals surface area contributed by atoms with Crippen LogP contribution in [0.1, 0.15) is 13.3 Å². The highest BCUT2D eigenvalue weighted by molar-refractivity contribution is 4.73. The van der Waals surface area contributed by atoms with Crippen LogP contribution < -0.4 is 16.0 Å². The Morgan fingerprint density at radius 1 is 1.44 bits per heavy atom. The summed E-state index contributed by atoms with van der Waals surface area (Å²) in [5.74, 6) is -0.842. The summed E-state index contributed by atoms with van der Waals surface area (Å²) >= 11 is 0. The van der Waals surface area contributed by atoms with E-state index in [0.29, 0.717) is 19.8 Å². The maximum Gasteiger partial charge on any atom is 0.173 e. The largest absolute Gasteiger partial charge is 0.363 e. The summed E-state index contributed by atoms with van der Waals surface area (Å²) in [5.41, 5.74) is 0. The van der Waals surface area contributed by atoms with Crippen molar-refractivity contribution in [1.82, 2.24) is 16.0 Å². The second kappa shape index (κ2) is 2.62. The van der Waals surface area contributed by atoms with Crippen molar-refractivity contribution < 1.29 is 5.11 Å². The van der Waals surface area contributed by atoms with Crippen molar-refractivity contribution in [3.8, 4) is 0 Å². The van der Waals surface area contributed by atoms with Crippen LogP contribution in [0.4, 0.5) is 0 Å². The molecule has 0 aromatic rings. The third-order valence-corrected chi connectivity index (χ3v) is 1.52. The molecule has 1 heterocycles. The molecule has 0 saturated carbocycles. The molecule has 0 aromatic heterocycles. The molecule has 0 unspecified atom stereocenters. The van der Waals surface area contributed by atoms with E-state index >= 15 is 0 Å².